The summed E-state index contributed by atoms with van der Waals surface area (Å²) in [6.45, 7) is 0. The molecular weight excluding hydrogens is 250 g/mol. The van der Waals surface area contributed by atoms with E-state index in [4.69, 9.17) is 5.73 Å². The standard InChI is InChI=1S/C14H12F2N2O/c1-18(10-5-2-4-9(17)8-10)14(19)11-6-3-7-12(15)13(11)16/h2-8H,17H2,1H3. The highest BCUT2D eigenvalue weighted by Crippen LogP contribution is 2.20. The second-order valence-electron chi connectivity index (χ2n) is 4.06. The molecular formula is C14H12F2N2O. The third-order valence-electron chi connectivity index (χ3n) is 2.74. The van der Waals surface area contributed by atoms with Gasteiger partial charge in [0.1, 0.15) is 0 Å². The first-order valence-electron chi connectivity index (χ1n) is 5.58. The Morgan fingerprint density at radius 1 is 1.16 bits per heavy atom. The largest absolute Gasteiger partial charge is 0.399 e. The van der Waals surface area contributed by atoms with E-state index in [9.17, 15) is 13.6 Å². The van der Waals surface area contributed by atoms with Crippen molar-refractivity contribution in [3.05, 3.63) is 59.7 Å². The average molecular weight is 262 g/mol. The van der Waals surface area contributed by atoms with Gasteiger partial charge in [0.05, 0.1) is 5.56 Å². The zero-order valence-electron chi connectivity index (χ0n) is 10.2. The maximum absolute atomic E-state index is 13.6. The van der Waals surface area contributed by atoms with Gasteiger partial charge in [0.2, 0.25) is 0 Å². The van der Waals surface area contributed by atoms with Crippen molar-refractivity contribution in [2.24, 2.45) is 0 Å². The summed E-state index contributed by atoms with van der Waals surface area (Å²) < 4.78 is 26.7. The minimum absolute atomic E-state index is 0.315. The van der Waals surface area contributed by atoms with Crippen LogP contribution in [0.2, 0.25) is 0 Å². The third-order valence-corrected chi connectivity index (χ3v) is 2.74. The minimum Gasteiger partial charge on any atom is -0.399 e. The first-order valence-corrected chi connectivity index (χ1v) is 5.58. The Morgan fingerprint density at radius 3 is 2.53 bits per heavy atom. The Bertz CT molecular complexity index is 629. The summed E-state index contributed by atoms with van der Waals surface area (Å²) in [4.78, 5) is 13.3. The van der Waals surface area contributed by atoms with Crippen LogP contribution in [-0.2, 0) is 0 Å². The lowest BCUT2D eigenvalue weighted by Gasteiger charge is -2.18. The summed E-state index contributed by atoms with van der Waals surface area (Å²) in [5.41, 5.74) is 6.29. The second-order valence-corrected chi connectivity index (χ2v) is 4.06. The zero-order valence-corrected chi connectivity index (χ0v) is 10.2. The Balaban J connectivity index is 2.36. The van der Waals surface area contributed by atoms with Crippen LogP contribution in [0.5, 0.6) is 0 Å². The normalized spacial score (nSPS) is 10.3. The van der Waals surface area contributed by atoms with Gasteiger partial charge >= 0.3 is 0 Å². The van der Waals surface area contributed by atoms with Crippen molar-refractivity contribution in [1.29, 1.82) is 0 Å². The maximum atomic E-state index is 13.6. The van der Waals surface area contributed by atoms with E-state index in [0.717, 1.165) is 6.07 Å². The van der Waals surface area contributed by atoms with Crippen molar-refractivity contribution < 1.29 is 13.6 Å². The molecule has 0 saturated heterocycles. The summed E-state index contributed by atoms with van der Waals surface area (Å²) in [5.74, 6) is -2.84. The molecule has 0 aliphatic carbocycles. The number of carbonyl (C=O) groups is 1. The summed E-state index contributed by atoms with van der Waals surface area (Å²) in [7, 11) is 1.47. The van der Waals surface area contributed by atoms with Gasteiger partial charge in [-0.2, -0.15) is 0 Å². The lowest BCUT2D eigenvalue weighted by Crippen LogP contribution is -2.27. The number of nitrogens with zero attached hydrogens (tertiary/aromatic N) is 1. The molecule has 2 aromatic rings. The van der Waals surface area contributed by atoms with Crippen molar-refractivity contribution in [2.45, 2.75) is 0 Å². The van der Waals surface area contributed by atoms with E-state index >= 15 is 0 Å². The number of benzene rings is 2. The van der Waals surface area contributed by atoms with Crippen LogP contribution < -0.4 is 10.6 Å². The molecule has 0 aliphatic heterocycles. The van der Waals surface area contributed by atoms with E-state index in [1.54, 1.807) is 24.3 Å². The molecule has 98 valence electrons. The van der Waals surface area contributed by atoms with E-state index in [1.807, 2.05) is 0 Å². The molecule has 0 fully saturated rings. The predicted molar refractivity (Wildman–Crippen MR) is 69.9 cm³/mol. The maximum Gasteiger partial charge on any atom is 0.261 e. The fourth-order valence-corrected chi connectivity index (χ4v) is 1.70. The van der Waals surface area contributed by atoms with Gasteiger partial charge in [-0.15, -0.1) is 0 Å². The molecule has 0 saturated carbocycles. The molecule has 2 N–H and O–H groups in total. The lowest BCUT2D eigenvalue weighted by molar-refractivity contribution is 0.0988. The number of carbonyl (C=O) groups excluding carboxylic acids is 1. The van der Waals surface area contributed by atoms with Gasteiger partial charge in [0.15, 0.2) is 11.6 Å². The predicted octanol–water partition coefficient (Wildman–Crippen LogP) is 2.82. The van der Waals surface area contributed by atoms with Crippen molar-refractivity contribution in [1.82, 2.24) is 0 Å². The molecule has 0 heterocycles. The molecule has 0 radical (unpaired) electrons. The molecule has 0 aromatic heterocycles. The molecule has 2 rings (SSSR count). The molecule has 0 aliphatic rings. The van der Waals surface area contributed by atoms with E-state index < -0.39 is 17.5 Å². The smallest absolute Gasteiger partial charge is 0.261 e. The highest BCUT2D eigenvalue weighted by molar-refractivity contribution is 6.06. The molecule has 1 amide bonds. The molecule has 2 aromatic carbocycles. The van der Waals surface area contributed by atoms with Gasteiger partial charge in [0, 0.05) is 18.4 Å². The molecule has 3 nitrogen and oxygen atoms in total. The SMILES string of the molecule is CN(C(=O)c1cccc(F)c1F)c1cccc(N)c1. The van der Waals surface area contributed by atoms with Crippen molar-refractivity contribution >= 4 is 17.3 Å². The molecule has 5 heteroatoms. The Kier molecular flexibility index (Phi) is 3.46. The van der Waals surface area contributed by atoms with Crippen LogP contribution in [0.15, 0.2) is 42.5 Å². The zero-order chi connectivity index (χ0) is 14.0. The number of anilines is 2. The number of amides is 1. The van der Waals surface area contributed by atoms with Crippen LogP contribution in [-0.4, -0.2) is 13.0 Å². The summed E-state index contributed by atoms with van der Waals surface area (Å²) in [6.07, 6.45) is 0. The van der Waals surface area contributed by atoms with E-state index in [2.05, 4.69) is 0 Å². The quantitative estimate of drug-likeness (QED) is 0.846. The number of nitrogens with two attached hydrogens (primary N) is 1. The van der Waals surface area contributed by atoms with Crippen LogP contribution >= 0.6 is 0 Å². The molecule has 0 atom stereocenters. The topological polar surface area (TPSA) is 46.3 Å². The fraction of sp³-hybridized carbons (Fsp3) is 0.0714. The van der Waals surface area contributed by atoms with Crippen LogP contribution in [0.3, 0.4) is 0 Å². The number of hydrogen-bond donors (Lipinski definition) is 1. The van der Waals surface area contributed by atoms with Crippen LogP contribution in [0, 0.1) is 11.6 Å². The molecule has 0 unspecified atom stereocenters. The molecule has 0 spiro atoms. The summed E-state index contributed by atoms with van der Waals surface area (Å²) in [5, 5.41) is 0. The number of hydrogen-bond acceptors (Lipinski definition) is 2. The van der Waals surface area contributed by atoms with Crippen LogP contribution in [0.1, 0.15) is 10.4 Å². The molecule has 0 bridgehead atoms. The fourth-order valence-electron chi connectivity index (χ4n) is 1.70. The summed E-state index contributed by atoms with van der Waals surface area (Å²) in [6, 6.07) is 10.1. The first kappa shape index (κ1) is 13.0. The van der Waals surface area contributed by atoms with Gasteiger partial charge in [0.25, 0.3) is 5.91 Å². The van der Waals surface area contributed by atoms with Gasteiger partial charge in [-0.3, -0.25) is 4.79 Å². The van der Waals surface area contributed by atoms with E-state index in [0.29, 0.717) is 11.4 Å². The van der Waals surface area contributed by atoms with E-state index in [1.165, 1.54) is 24.1 Å². The van der Waals surface area contributed by atoms with Gasteiger partial charge < -0.3 is 10.6 Å². The minimum atomic E-state index is -1.15. The average Bonchev–Trinajstić information content (AvgIpc) is 2.40. The Morgan fingerprint density at radius 2 is 1.84 bits per heavy atom. The van der Waals surface area contributed by atoms with Crippen LogP contribution in [0.4, 0.5) is 20.2 Å². The van der Waals surface area contributed by atoms with Crippen LogP contribution in [0.25, 0.3) is 0 Å². The first-order chi connectivity index (χ1) is 9.00. The van der Waals surface area contributed by atoms with Crippen molar-refractivity contribution in [3.8, 4) is 0 Å². The highest BCUT2D eigenvalue weighted by Gasteiger charge is 2.19. The van der Waals surface area contributed by atoms with Gasteiger partial charge in [-0.05, 0) is 30.3 Å². The third kappa shape index (κ3) is 2.54. The van der Waals surface area contributed by atoms with E-state index in [-0.39, 0.29) is 5.56 Å². The van der Waals surface area contributed by atoms with Gasteiger partial charge in [-0.25, -0.2) is 8.78 Å². The Labute approximate surface area is 109 Å². The molecule has 19 heavy (non-hydrogen) atoms. The Hall–Kier alpha value is -2.43. The highest BCUT2D eigenvalue weighted by atomic mass is 19.2. The lowest BCUT2D eigenvalue weighted by atomic mass is 10.1. The summed E-state index contributed by atoms with van der Waals surface area (Å²) >= 11 is 0. The van der Waals surface area contributed by atoms with Crippen molar-refractivity contribution in [3.63, 3.8) is 0 Å². The number of rotatable bonds is 2. The second kappa shape index (κ2) is 5.06. The number of halogens is 2. The van der Waals surface area contributed by atoms with Gasteiger partial charge in [-0.1, -0.05) is 12.1 Å². The number of nitrogen functional groups attached to an aromatic ring is 1. The monoisotopic (exact) mass is 262 g/mol. The van der Waals surface area contributed by atoms with Crippen molar-refractivity contribution in [2.75, 3.05) is 17.7 Å².